The second kappa shape index (κ2) is 1.48. The smallest absolute Gasteiger partial charge is 0.321 e. The van der Waals surface area contributed by atoms with Crippen LogP contribution in [0.1, 0.15) is 6.42 Å². The lowest BCUT2D eigenvalue weighted by molar-refractivity contribution is -0.153. The van der Waals surface area contributed by atoms with Crippen LogP contribution in [0.4, 0.5) is 0 Å². The standard InChI is InChI=1S/C7H6O3/c1-3-2-4-5(3)7(9)10-6(4)8/h4-5H,1-2H2. The summed E-state index contributed by atoms with van der Waals surface area (Å²) in [6.45, 7) is 3.63. The summed E-state index contributed by atoms with van der Waals surface area (Å²) in [5.41, 5.74) is 0.834. The average Bonchev–Trinajstić information content (AvgIpc) is 2.01. The second-order valence-corrected chi connectivity index (χ2v) is 2.69. The lowest BCUT2D eigenvalue weighted by atomic mass is 9.72. The molecule has 1 saturated carbocycles. The van der Waals surface area contributed by atoms with Crippen molar-refractivity contribution in [1.29, 1.82) is 0 Å². The van der Waals surface area contributed by atoms with Crippen molar-refractivity contribution < 1.29 is 14.3 Å². The number of fused-ring (bicyclic) bond motifs is 1. The van der Waals surface area contributed by atoms with Crippen LogP contribution in [0.25, 0.3) is 0 Å². The maximum atomic E-state index is 10.8. The van der Waals surface area contributed by atoms with Crippen LogP contribution in [-0.2, 0) is 14.3 Å². The van der Waals surface area contributed by atoms with Crippen LogP contribution in [-0.4, -0.2) is 11.9 Å². The first kappa shape index (κ1) is 5.65. The highest BCUT2D eigenvalue weighted by atomic mass is 16.6. The Morgan fingerprint density at radius 1 is 1.40 bits per heavy atom. The summed E-state index contributed by atoms with van der Waals surface area (Å²) in [4.78, 5) is 21.5. The van der Waals surface area contributed by atoms with Gasteiger partial charge in [-0.25, -0.2) is 0 Å². The number of ether oxygens (including phenoxy) is 1. The Bertz CT molecular complexity index is 241. The molecule has 10 heavy (non-hydrogen) atoms. The van der Waals surface area contributed by atoms with Gasteiger partial charge in [0.25, 0.3) is 0 Å². The molecule has 0 bridgehead atoms. The van der Waals surface area contributed by atoms with E-state index in [1.54, 1.807) is 0 Å². The molecule has 1 aliphatic carbocycles. The molecule has 1 aliphatic heterocycles. The Morgan fingerprint density at radius 3 is 2.50 bits per heavy atom. The SMILES string of the molecule is C=C1CC2C(=O)OC(=O)C12. The molecule has 1 heterocycles. The quantitative estimate of drug-likeness (QED) is 0.274. The van der Waals surface area contributed by atoms with Crippen molar-refractivity contribution in [2.45, 2.75) is 6.42 Å². The second-order valence-electron chi connectivity index (χ2n) is 2.69. The van der Waals surface area contributed by atoms with E-state index in [1.807, 2.05) is 0 Å². The Hall–Kier alpha value is -1.12. The van der Waals surface area contributed by atoms with Crippen LogP contribution in [0.15, 0.2) is 12.2 Å². The van der Waals surface area contributed by atoms with Crippen molar-refractivity contribution in [3.63, 3.8) is 0 Å². The van der Waals surface area contributed by atoms with Gasteiger partial charge in [0.15, 0.2) is 0 Å². The van der Waals surface area contributed by atoms with Crippen LogP contribution in [0.3, 0.4) is 0 Å². The van der Waals surface area contributed by atoms with Crippen LogP contribution < -0.4 is 0 Å². The molecule has 2 rings (SSSR count). The number of rotatable bonds is 0. The molecule has 52 valence electrons. The number of hydrogen-bond acceptors (Lipinski definition) is 3. The molecule has 0 radical (unpaired) electrons. The van der Waals surface area contributed by atoms with Crippen LogP contribution in [0.5, 0.6) is 0 Å². The molecule has 0 aromatic heterocycles. The van der Waals surface area contributed by atoms with E-state index in [0.717, 1.165) is 5.57 Å². The molecule has 0 amide bonds. The Morgan fingerprint density at radius 2 is 2.10 bits per heavy atom. The Labute approximate surface area is 57.7 Å². The van der Waals surface area contributed by atoms with Gasteiger partial charge in [-0.1, -0.05) is 12.2 Å². The van der Waals surface area contributed by atoms with Crippen molar-refractivity contribution in [3.8, 4) is 0 Å². The summed E-state index contributed by atoms with van der Waals surface area (Å²) < 4.78 is 4.38. The van der Waals surface area contributed by atoms with Crippen LogP contribution >= 0.6 is 0 Å². The lowest BCUT2D eigenvalue weighted by Gasteiger charge is -2.26. The molecule has 2 unspecified atom stereocenters. The van der Waals surface area contributed by atoms with E-state index >= 15 is 0 Å². The van der Waals surface area contributed by atoms with Gasteiger partial charge in [-0.15, -0.1) is 0 Å². The summed E-state index contributed by atoms with van der Waals surface area (Å²) >= 11 is 0. The zero-order chi connectivity index (χ0) is 7.30. The van der Waals surface area contributed by atoms with Gasteiger partial charge in [0.1, 0.15) is 0 Å². The fourth-order valence-electron chi connectivity index (χ4n) is 1.44. The van der Waals surface area contributed by atoms with E-state index in [0.29, 0.717) is 6.42 Å². The Kier molecular flexibility index (Phi) is 0.836. The van der Waals surface area contributed by atoms with E-state index in [4.69, 9.17) is 0 Å². The predicted molar refractivity (Wildman–Crippen MR) is 31.8 cm³/mol. The first-order chi connectivity index (χ1) is 4.70. The molecule has 2 aliphatic rings. The molecule has 0 aromatic rings. The molecule has 3 nitrogen and oxygen atoms in total. The van der Waals surface area contributed by atoms with E-state index < -0.39 is 5.97 Å². The van der Waals surface area contributed by atoms with E-state index in [9.17, 15) is 9.59 Å². The number of esters is 2. The number of carbonyl (C=O) groups is 2. The van der Waals surface area contributed by atoms with Gasteiger partial charge in [-0.3, -0.25) is 9.59 Å². The van der Waals surface area contributed by atoms with Crippen molar-refractivity contribution in [2.75, 3.05) is 0 Å². The van der Waals surface area contributed by atoms with Crippen molar-refractivity contribution in [1.82, 2.24) is 0 Å². The molecule has 1 saturated heterocycles. The third-order valence-corrected chi connectivity index (χ3v) is 2.08. The summed E-state index contributed by atoms with van der Waals surface area (Å²) in [7, 11) is 0. The fraction of sp³-hybridized carbons (Fsp3) is 0.429. The summed E-state index contributed by atoms with van der Waals surface area (Å²) in [6, 6.07) is 0. The van der Waals surface area contributed by atoms with Gasteiger partial charge in [0, 0.05) is 0 Å². The van der Waals surface area contributed by atoms with Crippen molar-refractivity contribution >= 4 is 11.9 Å². The van der Waals surface area contributed by atoms with Gasteiger partial charge >= 0.3 is 11.9 Å². The molecular formula is C7H6O3. The third kappa shape index (κ3) is 0.454. The largest absolute Gasteiger partial charge is 0.392 e. The Balaban J connectivity index is 2.31. The molecular weight excluding hydrogens is 132 g/mol. The van der Waals surface area contributed by atoms with Gasteiger partial charge < -0.3 is 4.74 Å². The van der Waals surface area contributed by atoms with Crippen molar-refractivity contribution in [2.24, 2.45) is 11.8 Å². The summed E-state index contributed by atoms with van der Waals surface area (Å²) in [6.07, 6.45) is 0.634. The monoisotopic (exact) mass is 138 g/mol. The third-order valence-electron chi connectivity index (χ3n) is 2.08. The molecule has 2 atom stereocenters. The van der Waals surface area contributed by atoms with E-state index in [-0.39, 0.29) is 17.8 Å². The minimum atomic E-state index is -0.411. The zero-order valence-corrected chi connectivity index (χ0v) is 5.29. The van der Waals surface area contributed by atoms with Crippen LogP contribution in [0.2, 0.25) is 0 Å². The maximum absolute atomic E-state index is 10.8. The molecule has 3 heteroatoms. The van der Waals surface area contributed by atoms with E-state index in [1.165, 1.54) is 0 Å². The van der Waals surface area contributed by atoms with Gasteiger partial charge in [0.2, 0.25) is 0 Å². The first-order valence-corrected chi connectivity index (χ1v) is 3.13. The minimum absolute atomic E-state index is 0.194. The normalized spacial score (nSPS) is 37.0. The highest BCUT2D eigenvalue weighted by Crippen LogP contribution is 2.44. The lowest BCUT2D eigenvalue weighted by Crippen LogP contribution is -2.30. The van der Waals surface area contributed by atoms with Crippen LogP contribution in [0, 0.1) is 11.8 Å². The van der Waals surface area contributed by atoms with E-state index in [2.05, 4.69) is 11.3 Å². The molecule has 0 spiro atoms. The molecule has 0 N–H and O–H groups in total. The number of cyclic esters (lactones) is 2. The maximum Gasteiger partial charge on any atom is 0.321 e. The average molecular weight is 138 g/mol. The predicted octanol–water partition coefficient (Wildman–Crippen LogP) is 0.262. The van der Waals surface area contributed by atoms with Gasteiger partial charge in [-0.2, -0.15) is 0 Å². The summed E-state index contributed by atoms with van der Waals surface area (Å²) in [5, 5.41) is 0. The van der Waals surface area contributed by atoms with Gasteiger partial charge in [-0.05, 0) is 6.42 Å². The topological polar surface area (TPSA) is 43.4 Å². The zero-order valence-electron chi connectivity index (χ0n) is 5.29. The molecule has 2 fully saturated rings. The van der Waals surface area contributed by atoms with Gasteiger partial charge in [0.05, 0.1) is 11.8 Å². The highest BCUT2D eigenvalue weighted by Gasteiger charge is 2.52. The highest BCUT2D eigenvalue weighted by molar-refractivity contribution is 6.00. The van der Waals surface area contributed by atoms with Crippen molar-refractivity contribution in [3.05, 3.63) is 12.2 Å². The minimum Gasteiger partial charge on any atom is -0.392 e. The summed E-state index contributed by atoms with van der Waals surface area (Å²) in [5.74, 6) is -1.28. The molecule has 0 aromatic carbocycles. The fourth-order valence-corrected chi connectivity index (χ4v) is 1.44. The number of carbonyl (C=O) groups excluding carboxylic acids is 2. The number of hydrogen-bond donors (Lipinski definition) is 0. The first-order valence-electron chi connectivity index (χ1n) is 3.13.